The number of nitrogens with zero attached hydrogens (tertiary/aromatic N) is 2. The predicted molar refractivity (Wildman–Crippen MR) is 99.3 cm³/mol. The molecule has 0 atom stereocenters. The van der Waals surface area contributed by atoms with Gasteiger partial charge in [0.25, 0.3) is 5.91 Å². The molecule has 2 heterocycles. The zero-order chi connectivity index (χ0) is 17.2. The van der Waals surface area contributed by atoms with Crippen molar-refractivity contribution in [1.29, 1.82) is 0 Å². The quantitative estimate of drug-likeness (QED) is 0.537. The molecule has 2 aromatic heterocycles. The number of fused-ring (bicyclic) bond motifs is 1. The molecule has 1 N–H and O–H groups in total. The Bertz CT molecular complexity index is 1060. The maximum absolute atomic E-state index is 12.3. The van der Waals surface area contributed by atoms with E-state index in [4.69, 9.17) is 4.42 Å². The third-order valence-corrected chi connectivity index (χ3v) is 4.07. The van der Waals surface area contributed by atoms with Gasteiger partial charge in [-0.05, 0) is 52.3 Å². The number of carbonyl (C=O) groups is 1. The van der Waals surface area contributed by atoms with Crippen LogP contribution in [0.25, 0.3) is 22.6 Å². The smallest absolute Gasteiger partial charge is 0.257 e. The highest BCUT2D eigenvalue weighted by atomic mass is 79.9. The normalized spacial score (nSPS) is 10.8. The number of rotatable bonds is 3. The van der Waals surface area contributed by atoms with Crippen molar-refractivity contribution in [1.82, 2.24) is 9.97 Å². The van der Waals surface area contributed by atoms with Crippen LogP contribution in [0.4, 0.5) is 5.69 Å². The Morgan fingerprint density at radius 2 is 1.88 bits per heavy atom. The number of nitrogens with one attached hydrogen (secondary N) is 1. The number of hydrogen-bond acceptors (Lipinski definition) is 4. The maximum atomic E-state index is 12.3. The lowest BCUT2D eigenvalue weighted by atomic mass is 10.2. The third kappa shape index (κ3) is 3.29. The highest BCUT2D eigenvalue weighted by Gasteiger charge is 2.11. The van der Waals surface area contributed by atoms with Crippen molar-refractivity contribution in [2.45, 2.75) is 0 Å². The molecule has 0 unspecified atom stereocenters. The first-order valence-corrected chi connectivity index (χ1v) is 8.36. The molecule has 4 rings (SSSR count). The van der Waals surface area contributed by atoms with E-state index < -0.39 is 0 Å². The fourth-order valence-corrected chi connectivity index (χ4v) is 2.81. The van der Waals surface area contributed by atoms with Crippen molar-refractivity contribution in [3.63, 3.8) is 0 Å². The largest absolute Gasteiger partial charge is 0.436 e. The van der Waals surface area contributed by atoms with Crippen molar-refractivity contribution in [2.75, 3.05) is 5.32 Å². The number of halogens is 1. The van der Waals surface area contributed by atoms with Gasteiger partial charge >= 0.3 is 0 Å². The summed E-state index contributed by atoms with van der Waals surface area (Å²) in [7, 11) is 0. The summed E-state index contributed by atoms with van der Waals surface area (Å²) in [6.45, 7) is 0. The number of carbonyl (C=O) groups excluding carboxylic acids is 1. The van der Waals surface area contributed by atoms with Crippen LogP contribution in [0.3, 0.4) is 0 Å². The first-order chi connectivity index (χ1) is 12.2. The average Bonchev–Trinajstić information content (AvgIpc) is 3.06. The molecule has 0 aliphatic carbocycles. The molecule has 0 saturated carbocycles. The van der Waals surface area contributed by atoms with E-state index in [2.05, 4.69) is 31.2 Å². The summed E-state index contributed by atoms with van der Waals surface area (Å²) in [5, 5.41) is 2.85. The molecular weight excluding hydrogens is 382 g/mol. The van der Waals surface area contributed by atoms with Crippen LogP contribution in [-0.2, 0) is 0 Å². The topological polar surface area (TPSA) is 68.0 Å². The Kier molecular flexibility index (Phi) is 4.03. The molecule has 0 saturated heterocycles. The lowest BCUT2D eigenvalue weighted by Gasteiger charge is -2.04. The second kappa shape index (κ2) is 6.49. The van der Waals surface area contributed by atoms with Gasteiger partial charge in [-0.2, -0.15) is 0 Å². The summed E-state index contributed by atoms with van der Waals surface area (Å²) in [5.74, 6) is 0.315. The summed E-state index contributed by atoms with van der Waals surface area (Å²) in [6.07, 6.45) is 3.14. The molecule has 6 heteroatoms. The predicted octanol–water partition coefficient (Wildman–Crippen LogP) is 4.90. The minimum atomic E-state index is -0.236. The van der Waals surface area contributed by atoms with E-state index >= 15 is 0 Å². The Balaban J connectivity index is 1.62. The summed E-state index contributed by atoms with van der Waals surface area (Å²) >= 11 is 3.31. The van der Waals surface area contributed by atoms with Crippen LogP contribution < -0.4 is 5.32 Å². The van der Waals surface area contributed by atoms with E-state index in [1.54, 1.807) is 30.5 Å². The van der Waals surface area contributed by atoms with Crippen molar-refractivity contribution in [3.8, 4) is 11.5 Å². The summed E-state index contributed by atoms with van der Waals surface area (Å²) in [5.41, 5.74) is 3.37. The van der Waals surface area contributed by atoms with Crippen LogP contribution in [0.2, 0.25) is 0 Å². The van der Waals surface area contributed by atoms with E-state index in [1.165, 1.54) is 6.20 Å². The monoisotopic (exact) mass is 393 g/mol. The van der Waals surface area contributed by atoms with Crippen LogP contribution in [-0.4, -0.2) is 15.9 Å². The van der Waals surface area contributed by atoms with Gasteiger partial charge in [-0.15, -0.1) is 0 Å². The zero-order valence-corrected chi connectivity index (χ0v) is 14.5. The molecule has 25 heavy (non-hydrogen) atoms. The fourth-order valence-electron chi connectivity index (χ4n) is 2.45. The second-order valence-corrected chi connectivity index (χ2v) is 6.33. The first kappa shape index (κ1) is 15.5. The molecule has 0 spiro atoms. The van der Waals surface area contributed by atoms with Gasteiger partial charge < -0.3 is 9.73 Å². The number of hydrogen-bond donors (Lipinski definition) is 1. The molecule has 2 aromatic carbocycles. The Labute approximate surface area is 151 Å². The van der Waals surface area contributed by atoms with Gasteiger partial charge in [0.15, 0.2) is 5.58 Å². The Morgan fingerprint density at radius 3 is 2.68 bits per heavy atom. The van der Waals surface area contributed by atoms with Crippen LogP contribution in [0.15, 0.2) is 75.9 Å². The Morgan fingerprint density at radius 1 is 1.04 bits per heavy atom. The van der Waals surface area contributed by atoms with Crippen LogP contribution in [0.1, 0.15) is 10.4 Å². The maximum Gasteiger partial charge on any atom is 0.257 e. The first-order valence-electron chi connectivity index (χ1n) is 7.57. The van der Waals surface area contributed by atoms with E-state index in [0.29, 0.717) is 28.2 Å². The van der Waals surface area contributed by atoms with E-state index in [-0.39, 0.29) is 5.91 Å². The Hall–Kier alpha value is -2.99. The molecule has 0 radical (unpaired) electrons. The molecule has 5 nitrogen and oxygen atoms in total. The summed E-state index contributed by atoms with van der Waals surface area (Å²) in [4.78, 5) is 20.8. The van der Waals surface area contributed by atoms with Crippen molar-refractivity contribution < 1.29 is 9.21 Å². The van der Waals surface area contributed by atoms with Gasteiger partial charge in [-0.3, -0.25) is 9.78 Å². The minimum absolute atomic E-state index is 0.236. The zero-order valence-electron chi connectivity index (χ0n) is 12.9. The van der Waals surface area contributed by atoms with Crippen molar-refractivity contribution >= 4 is 38.6 Å². The van der Waals surface area contributed by atoms with Crippen LogP contribution in [0, 0.1) is 0 Å². The lowest BCUT2D eigenvalue weighted by Crippen LogP contribution is -2.12. The van der Waals surface area contributed by atoms with Crippen LogP contribution in [0.5, 0.6) is 0 Å². The number of aromatic nitrogens is 2. The molecular formula is C19H12BrN3O2. The van der Waals surface area contributed by atoms with Gasteiger partial charge in [0, 0.05) is 28.1 Å². The minimum Gasteiger partial charge on any atom is -0.436 e. The highest BCUT2D eigenvalue weighted by molar-refractivity contribution is 9.10. The molecule has 1 amide bonds. The number of amides is 1. The molecule has 4 aromatic rings. The van der Waals surface area contributed by atoms with Crippen molar-refractivity contribution in [3.05, 3.63) is 77.0 Å². The lowest BCUT2D eigenvalue weighted by molar-refractivity contribution is 0.102. The van der Waals surface area contributed by atoms with Gasteiger partial charge in [0.2, 0.25) is 5.89 Å². The molecule has 0 bridgehead atoms. The van der Waals surface area contributed by atoms with Crippen molar-refractivity contribution in [2.24, 2.45) is 0 Å². The average molecular weight is 394 g/mol. The van der Waals surface area contributed by atoms with E-state index in [9.17, 15) is 4.79 Å². The van der Waals surface area contributed by atoms with Gasteiger partial charge in [0.1, 0.15) is 5.52 Å². The molecule has 0 aliphatic rings. The SMILES string of the molecule is O=C(Nc1ccc2oc(-c3ccccc3)nc2c1)c1cncc(Br)c1. The second-order valence-electron chi connectivity index (χ2n) is 5.41. The van der Waals surface area contributed by atoms with E-state index in [1.807, 2.05) is 30.3 Å². The number of oxazole rings is 1. The van der Waals surface area contributed by atoms with Crippen LogP contribution >= 0.6 is 15.9 Å². The van der Waals surface area contributed by atoms with Gasteiger partial charge in [-0.1, -0.05) is 18.2 Å². The summed E-state index contributed by atoms with van der Waals surface area (Å²) < 4.78 is 6.52. The molecule has 0 fully saturated rings. The molecule has 0 aliphatic heterocycles. The number of benzene rings is 2. The molecule has 122 valence electrons. The summed E-state index contributed by atoms with van der Waals surface area (Å²) in [6, 6.07) is 16.8. The number of anilines is 1. The standard InChI is InChI=1S/C19H12BrN3O2/c20-14-8-13(10-21-11-14)18(24)22-15-6-7-17-16(9-15)23-19(25-17)12-4-2-1-3-5-12/h1-11H,(H,22,24). The van der Waals surface area contributed by atoms with Gasteiger partial charge in [-0.25, -0.2) is 4.98 Å². The number of pyridine rings is 1. The highest BCUT2D eigenvalue weighted by Crippen LogP contribution is 2.26. The fraction of sp³-hybridized carbons (Fsp3) is 0. The van der Waals surface area contributed by atoms with E-state index in [0.717, 1.165) is 10.0 Å². The van der Waals surface area contributed by atoms with Gasteiger partial charge in [0.05, 0.1) is 5.56 Å². The third-order valence-electron chi connectivity index (χ3n) is 3.63.